The van der Waals surface area contributed by atoms with Crippen LogP contribution in [0.3, 0.4) is 0 Å². The molecule has 2 aromatic carbocycles. The summed E-state index contributed by atoms with van der Waals surface area (Å²) >= 11 is 0. The lowest BCUT2D eigenvalue weighted by atomic mass is 10.0. The van der Waals surface area contributed by atoms with Gasteiger partial charge in [0.1, 0.15) is 11.8 Å². The molecule has 0 radical (unpaired) electrons. The quantitative estimate of drug-likeness (QED) is 0.595. The lowest BCUT2D eigenvalue weighted by Gasteiger charge is -2.22. The molecule has 3 N–H and O–H groups in total. The molecule has 0 heterocycles. The van der Waals surface area contributed by atoms with E-state index in [1.807, 2.05) is 25.1 Å². The van der Waals surface area contributed by atoms with Gasteiger partial charge in [0, 0.05) is 5.56 Å². The second-order valence-electron chi connectivity index (χ2n) is 6.88. The van der Waals surface area contributed by atoms with E-state index in [1.165, 1.54) is 0 Å². The predicted octanol–water partition coefficient (Wildman–Crippen LogP) is 2.23. The molecule has 0 bridgehead atoms. The summed E-state index contributed by atoms with van der Waals surface area (Å²) in [5.41, 5.74) is 6.31. The fourth-order valence-electron chi connectivity index (χ4n) is 2.58. The Morgan fingerprint density at radius 2 is 1.59 bits per heavy atom. The van der Waals surface area contributed by atoms with Gasteiger partial charge in [0.15, 0.2) is 6.61 Å². The average Bonchev–Trinajstić information content (AvgIpc) is 2.74. The summed E-state index contributed by atoms with van der Waals surface area (Å²) in [6.07, 6.45) is 0.877. The minimum absolute atomic E-state index is 0.184. The Bertz CT molecular complexity index is 820. The van der Waals surface area contributed by atoms with Crippen LogP contribution in [0.4, 0.5) is 0 Å². The molecule has 0 aliphatic heterocycles. The van der Waals surface area contributed by atoms with Gasteiger partial charge in [-0.1, -0.05) is 51.1 Å². The number of nitrogens with one attached hydrogen (secondary N) is 3. The maximum atomic E-state index is 12.4. The molecule has 0 aliphatic rings. The first-order chi connectivity index (χ1) is 13.9. The Labute approximate surface area is 170 Å². The molecule has 0 fully saturated rings. The number of amides is 3. The summed E-state index contributed by atoms with van der Waals surface area (Å²) in [6, 6.07) is 15.2. The maximum absolute atomic E-state index is 12.4. The molecule has 2 rings (SSSR count). The van der Waals surface area contributed by atoms with E-state index in [-0.39, 0.29) is 12.5 Å². The molecule has 1 atom stereocenters. The third-order valence-corrected chi connectivity index (χ3v) is 4.30. The number of aryl methyl sites for hydroxylation is 1. The van der Waals surface area contributed by atoms with E-state index in [4.69, 9.17) is 4.74 Å². The van der Waals surface area contributed by atoms with Crippen LogP contribution in [0.1, 0.15) is 36.7 Å². The fourth-order valence-corrected chi connectivity index (χ4v) is 2.58. The molecule has 2 aromatic rings. The lowest BCUT2D eigenvalue weighted by molar-refractivity contribution is -0.131. The van der Waals surface area contributed by atoms with Crippen LogP contribution >= 0.6 is 0 Å². The second-order valence-corrected chi connectivity index (χ2v) is 6.88. The monoisotopic (exact) mass is 397 g/mol. The van der Waals surface area contributed by atoms with Gasteiger partial charge in [0.2, 0.25) is 0 Å². The van der Waals surface area contributed by atoms with Gasteiger partial charge in [-0.2, -0.15) is 0 Å². The number of para-hydroxylation sites is 1. The first kappa shape index (κ1) is 21.9. The van der Waals surface area contributed by atoms with Gasteiger partial charge in [0.25, 0.3) is 17.7 Å². The van der Waals surface area contributed by atoms with Crippen molar-refractivity contribution in [3.05, 3.63) is 65.7 Å². The van der Waals surface area contributed by atoms with Crippen LogP contribution in [0.2, 0.25) is 0 Å². The van der Waals surface area contributed by atoms with E-state index in [1.54, 1.807) is 50.2 Å². The minimum Gasteiger partial charge on any atom is -0.484 e. The summed E-state index contributed by atoms with van der Waals surface area (Å²) in [6.45, 7) is 5.42. The van der Waals surface area contributed by atoms with Crippen molar-refractivity contribution < 1.29 is 19.1 Å². The molecular formula is C22H27N3O4. The molecule has 7 heteroatoms. The van der Waals surface area contributed by atoms with Gasteiger partial charge in [-0.15, -0.1) is 0 Å². The topological polar surface area (TPSA) is 96.5 Å². The molecule has 3 amide bonds. The summed E-state index contributed by atoms with van der Waals surface area (Å²) in [4.78, 5) is 36.8. The fraction of sp³-hybridized carbons (Fsp3) is 0.318. The summed E-state index contributed by atoms with van der Waals surface area (Å²) in [5.74, 6) is -0.982. The van der Waals surface area contributed by atoms with Crippen molar-refractivity contribution in [1.82, 2.24) is 16.2 Å². The average molecular weight is 397 g/mol. The van der Waals surface area contributed by atoms with Gasteiger partial charge in [-0.05, 0) is 42.2 Å². The van der Waals surface area contributed by atoms with Gasteiger partial charge in [-0.3, -0.25) is 25.2 Å². The van der Waals surface area contributed by atoms with Crippen molar-refractivity contribution in [3.63, 3.8) is 0 Å². The van der Waals surface area contributed by atoms with Crippen molar-refractivity contribution >= 4 is 17.7 Å². The van der Waals surface area contributed by atoms with E-state index < -0.39 is 23.8 Å². The highest BCUT2D eigenvalue weighted by molar-refractivity contribution is 5.96. The number of hydrogen-bond donors (Lipinski definition) is 3. The molecule has 0 aliphatic carbocycles. The largest absolute Gasteiger partial charge is 0.484 e. The lowest BCUT2D eigenvalue weighted by Crippen LogP contribution is -2.55. The zero-order valence-electron chi connectivity index (χ0n) is 16.9. The number of hydrogen-bond acceptors (Lipinski definition) is 4. The van der Waals surface area contributed by atoms with E-state index >= 15 is 0 Å². The van der Waals surface area contributed by atoms with Crippen LogP contribution in [0.15, 0.2) is 54.6 Å². The van der Waals surface area contributed by atoms with Gasteiger partial charge >= 0.3 is 0 Å². The Morgan fingerprint density at radius 1 is 0.931 bits per heavy atom. The summed E-state index contributed by atoms with van der Waals surface area (Å²) in [7, 11) is 0. The first-order valence-electron chi connectivity index (χ1n) is 9.57. The number of ether oxygens (including phenoxy) is 1. The molecule has 0 spiro atoms. The van der Waals surface area contributed by atoms with E-state index in [0.717, 1.165) is 12.0 Å². The van der Waals surface area contributed by atoms with Crippen LogP contribution in [0.5, 0.6) is 5.75 Å². The van der Waals surface area contributed by atoms with Crippen molar-refractivity contribution in [2.75, 3.05) is 6.61 Å². The van der Waals surface area contributed by atoms with E-state index in [9.17, 15) is 14.4 Å². The number of hydrazine groups is 1. The minimum atomic E-state index is -0.815. The van der Waals surface area contributed by atoms with Crippen LogP contribution in [-0.2, 0) is 16.0 Å². The Kier molecular flexibility index (Phi) is 8.21. The highest BCUT2D eigenvalue weighted by Crippen LogP contribution is 2.08. The molecule has 29 heavy (non-hydrogen) atoms. The zero-order chi connectivity index (χ0) is 21.2. The Balaban J connectivity index is 1.85. The maximum Gasteiger partial charge on any atom is 0.269 e. The number of carbonyl (C=O) groups is 3. The summed E-state index contributed by atoms with van der Waals surface area (Å²) in [5, 5.41) is 2.64. The van der Waals surface area contributed by atoms with Crippen molar-refractivity contribution in [2.45, 2.75) is 33.2 Å². The van der Waals surface area contributed by atoms with Gasteiger partial charge < -0.3 is 10.1 Å². The number of carbonyl (C=O) groups excluding carboxylic acids is 3. The smallest absolute Gasteiger partial charge is 0.269 e. The zero-order valence-corrected chi connectivity index (χ0v) is 16.9. The highest BCUT2D eigenvalue weighted by atomic mass is 16.5. The van der Waals surface area contributed by atoms with Crippen LogP contribution in [-0.4, -0.2) is 30.4 Å². The third kappa shape index (κ3) is 6.95. The van der Waals surface area contributed by atoms with Crippen LogP contribution in [0.25, 0.3) is 0 Å². The molecular weight excluding hydrogens is 370 g/mol. The van der Waals surface area contributed by atoms with Gasteiger partial charge in [-0.25, -0.2) is 0 Å². The Morgan fingerprint density at radius 3 is 2.17 bits per heavy atom. The standard InChI is InChI=1S/C22H27N3O4/c1-4-16-10-12-17(13-11-16)21(27)24-25-22(28)20(15(2)3)23-19(26)14-29-18-8-6-5-7-9-18/h5-13,15,20H,4,14H2,1-3H3,(H,23,26)(H,24,27)(H,25,28)/t20-/m0/s1. The molecule has 0 saturated carbocycles. The molecule has 154 valence electrons. The molecule has 0 aromatic heterocycles. The van der Waals surface area contributed by atoms with Crippen molar-refractivity contribution in [2.24, 2.45) is 5.92 Å². The number of benzene rings is 2. The molecule has 0 unspecified atom stereocenters. The van der Waals surface area contributed by atoms with E-state index in [0.29, 0.717) is 11.3 Å². The van der Waals surface area contributed by atoms with Crippen LogP contribution < -0.4 is 20.9 Å². The third-order valence-electron chi connectivity index (χ3n) is 4.30. The van der Waals surface area contributed by atoms with Crippen molar-refractivity contribution in [3.8, 4) is 5.75 Å². The van der Waals surface area contributed by atoms with Crippen molar-refractivity contribution in [1.29, 1.82) is 0 Å². The Hall–Kier alpha value is -3.35. The summed E-state index contributed by atoms with van der Waals surface area (Å²) < 4.78 is 5.39. The second kappa shape index (κ2) is 10.8. The molecule has 0 saturated heterocycles. The van der Waals surface area contributed by atoms with E-state index in [2.05, 4.69) is 16.2 Å². The number of rotatable bonds is 8. The molecule has 7 nitrogen and oxygen atoms in total. The SMILES string of the molecule is CCc1ccc(C(=O)NNC(=O)[C@@H](NC(=O)COc2ccccc2)C(C)C)cc1. The normalized spacial score (nSPS) is 11.4. The predicted molar refractivity (Wildman–Crippen MR) is 110 cm³/mol. The first-order valence-corrected chi connectivity index (χ1v) is 9.57. The highest BCUT2D eigenvalue weighted by Gasteiger charge is 2.24. The van der Waals surface area contributed by atoms with Gasteiger partial charge in [0.05, 0.1) is 0 Å². The van der Waals surface area contributed by atoms with Crippen LogP contribution in [0, 0.1) is 5.92 Å².